The van der Waals surface area contributed by atoms with Crippen LogP contribution in [0.3, 0.4) is 0 Å². The normalized spacial score (nSPS) is 12.2. The summed E-state index contributed by atoms with van der Waals surface area (Å²) in [6.45, 7) is 0. The Balaban J connectivity index is 2.16. The van der Waals surface area contributed by atoms with E-state index in [1.807, 2.05) is 18.2 Å². The summed E-state index contributed by atoms with van der Waals surface area (Å²) in [4.78, 5) is 4.18. The molecule has 4 heteroatoms. The molecule has 0 fully saturated rings. The number of ether oxygens (including phenoxy) is 1. The molecule has 0 radical (unpaired) electrons. The van der Waals surface area contributed by atoms with Crippen LogP contribution in [0.15, 0.2) is 42.6 Å². The summed E-state index contributed by atoms with van der Waals surface area (Å²) in [5.74, 6) is 0.138. The molecule has 18 heavy (non-hydrogen) atoms. The highest BCUT2D eigenvalue weighted by molar-refractivity contribution is 5.31. The van der Waals surface area contributed by atoms with Gasteiger partial charge in [0.1, 0.15) is 11.6 Å². The van der Waals surface area contributed by atoms with E-state index >= 15 is 0 Å². The lowest BCUT2D eigenvalue weighted by atomic mass is 10.0. The Morgan fingerprint density at radius 3 is 2.78 bits per heavy atom. The van der Waals surface area contributed by atoms with Crippen molar-refractivity contribution >= 4 is 0 Å². The van der Waals surface area contributed by atoms with Crippen LogP contribution >= 0.6 is 0 Å². The molecule has 1 aromatic heterocycles. The monoisotopic (exact) mass is 246 g/mol. The molecule has 2 aromatic rings. The van der Waals surface area contributed by atoms with Crippen LogP contribution in [0.1, 0.15) is 17.3 Å². The van der Waals surface area contributed by atoms with Gasteiger partial charge in [0, 0.05) is 36.0 Å². The van der Waals surface area contributed by atoms with Gasteiger partial charge in [0.15, 0.2) is 0 Å². The summed E-state index contributed by atoms with van der Waals surface area (Å²) < 4.78 is 18.8. The largest absolute Gasteiger partial charge is 0.497 e. The molecular weight excluding hydrogens is 231 g/mol. The summed E-state index contributed by atoms with van der Waals surface area (Å²) in [6.07, 6.45) is 2.20. The van der Waals surface area contributed by atoms with E-state index in [-0.39, 0.29) is 5.82 Å². The molecule has 0 amide bonds. The Bertz CT molecular complexity index is 516. The molecule has 0 spiro atoms. The zero-order valence-corrected chi connectivity index (χ0v) is 10.1. The maximum absolute atomic E-state index is 13.8. The highest BCUT2D eigenvalue weighted by Gasteiger charge is 2.13. The van der Waals surface area contributed by atoms with E-state index < -0.39 is 6.04 Å². The maximum Gasteiger partial charge on any atom is 0.131 e. The zero-order chi connectivity index (χ0) is 13.0. The van der Waals surface area contributed by atoms with E-state index in [0.717, 1.165) is 5.69 Å². The number of methoxy groups -OCH3 is 1. The zero-order valence-electron chi connectivity index (χ0n) is 10.1. The quantitative estimate of drug-likeness (QED) is 0.901. The van der Waals surface area contributed by atoms with Gasteiger partial charge in [-0.15, -0.1) is 0 Å². The van der Waals surface area contributed by atoms with Gasteiger partial charge in [-0.05, 0) is 18.2 Å². The topological polar surface area (TPSA) is 48.1 Å². The third-order valence-corrected chi connectivity index (χ3v) is 2.76. The van der Waals surface area contributed by atoms with Crippen LogP contribution in [0.4, 0.5) is 4.39 Å². The van der Waals surface area contributed by atoms with Gasteiger partial charge in [0.25, 0.3) is 0 Å². The van der Waals surface area contributed by atoms with Gasteiger partial charge < -0.3 is 10.5 Å². The minimum atomic E-state index is -0.411. The second kappa shape index (κ2) is 5.60. The van der Waals surface area contributed by atoms with Gasteiger partial charge in [0.2, 0.25) is 0 Å². The van der Waals surface area contributed by atoms with E-state index in [9.17, 15) is 4.39 Å². The first-order valence-electron chi connectivity index (χ1n) is 5.69. The van der Waals surface area contributed by atoms with Gasteiger partial charge in [-0.25, -0.2) is 4.39 Å². The highest BCUT2D eigenvalue weighted by atomic mass is 19.1. The molecule has 1 aromatic carbocycles. The molecule has 0 saturated carbocycles. The average molecular weight is 246 g/mol. The number of aromatic nitrogens is 1. The summed E-state index contributed by atoms with van der Waals surface area (Å²) in [7, 11) is 1.50. The van der Waals surface area contributed by atoms with Crippen LogP contribution in [-0.4, -0.2) is 12.1 Å². The molecule has 0 saturated heterocycles. The van der Waals surface area contributed by atoms with E-state index in [0.29, 0.717) is 17.7 Å². The molecule has 2 N–H and O–H groups in total. The van der Waals surface area contributed by atoms with E-state index in [2.05, 4.69) is 4.98 Å². The molecule has 2 rings (SSSR count). The molecule has 1 heterocycles. The fourth-order valence-corrected chi connectivity index (χ4v) is 1.79. The Morgan fingerprint density at radius 1 is 1.33 bits per heavy atom. The first-order valence-corrected chi connectivity index (χ1v) is 5.69. The van der Waals surface area contributed by atoms with Crippen LogP contribution < -0.4 is 10.5 Å². The van der Waals surface area contributed by atoms with Crippen LogP contribution in [0.5, 0.6) is 5.75 Å². The lowest BCUT2D eigenvalue weighted by Gasteiger charge is -2.13. The Labute approximate surface area is 105 Å². The van der Waals surface area contributed by atoms with Crippen molar-refractivity contribution in [2.75, 3.05) is 7.11 Å². The van der Waals surface area contributed by atoms with E-state index in [1.165, 1.54) is 13.2 Å². The Kier molecular flexibility index (Phi) is 3.89. The van der Waals surface area contributed by atoms with Crippen molar-refractivity contribution in [3.05, 3.63) is 59.7 Å². The van der Waals surface area contributed by atoms with Crippen LogP contribution in [-0.2, 0) is 6.42 Å². The number of hydrogen-bond donors (Lipinski definition) is 1. The standard InChI is InChI=1S/C14H15FN2O/c1-18-11-5-6-12(13(15)9-11)14(16)8-10-4-2-3-7-17-10/h2-7,9,14H,8,16H2,1H3. The minimum absolute atomic E-state index is 0.349. The molecule has 0 bridgehead atoms. The first kappa shape index (κ1) is 12.5. The van der Waals surface area contributed by atoms with Crippen LogP contribution in [0.2, 0.25) is 0 Å². The van der Waals surface area contributed by atoms with Crippen molar-refractivity contribution in [3.8, 4) is 5.75 Å². The minimum Gasteiger partial charge on any atom is -0.497 e. The second-order valence-corrected chi connectivity index (χ2v) is 4.02. The maximum atomic E-state index is 13.8. The molecule has 0 aliphatic rings. The van der Waals surface area contributed by atoms with E-state index in [4.69, 9.17) is 10.5 Å². The van der Waals surface area contributed by atoms with Gasteiger partial charge in [0.05, 0.1) is 7.11 Å². The van der Waals surface area contributed by atoms with Crippen molar-refractivity contribution < 1.29 is 9.13 Å². The predicted molar refractivity (Wildman–Crippen MR) is 67.8 cm³/mol. The summed E-state index contributed by atoms with van der Waals surface area (Å²) in [6, 6.07) is 9.89. The summed E-state index contributed by atoms with van der Waals surface area (Å²) in [5.41, 5.74) is 7.32. The van der Waals surface area contributed by atoms with Gasteiger partial charge in [-0.2, -0.15) is 0 Å². The van der Waals surface area contributed by atoms with Crippen molar-refractivity contribution in [2.24, 2.45) is 5.73 Å². The first-order chi connectivity index (χ1) is 8.70. The Morgan fingerprint density at radius 2 is 2.17 bits per heavy atom. The number of benzene rings is 1. The number of halogens is 1. The van der Waals surface area contributed by atoms with E-state index in [1.54, 1.807) is 18.3 Å². The summed E-state index contributed by atoms with van der Waals surface area (Å²) in [5, 5.41) is 0. The predicted octanol–water partition coefficient (Wildman–Crippen LogP) is 2.47. The number of nitrogens with zero attached hydrogens (tertiary/aromatic N) is 1. The third kappa shape index (κ3) is 2.84. The van der Waals surface area contributed by atoms with Crippen molar-refractivity contribution in [3.63, 3.8) is 0 Å². The third-order valence-electron chi connectivity index (χ3n) is 2.76. The molecule has 1 atom stereocenters. The van der Waals surface area contributed by atoms with Gasteiger partial charge in [-0.3, -0.25) is 4.98 Å². The average Bonchev–Trinajstić information content (AvgIpc) is 2.39. The highest BCUT2D eigenvalue weighted by Crippen LogP contribution is 2.22. The summed E-state index contributed by atoms with van der Waals surface area (Å²) >= 11 is 0. The van der Waals surface area contributed by atoms with Crippen LogP contribution in [0, 0.1) is 5.82 Å². The number of pyridine rings is 1. The van der Waals surface area contributed by atoms with Crippen LogP contribution in [0.25, 0.3) is 0 Å². The number of hydrogen-bond acceptors (Lipinski definition) is 3. The molecular formula is C14H15FN2O. The second-order valence-electron chi connectivity index (χ2n) is 4.02. The fraction of sp³-hybridized carbons (Fsp3) is 0.214. The number of rotatable bonds is 4. The molecule has 3 nitrogen and oxygen atoms in total. The van der Waals surface area contributed by atoms with Crippen molar-refractivity contribution in [1.29, 1.82) is 0 Å². The molecule has 94 valence electrons. The van der Waals surface area contributed by atoms with Gasteiger partial charge in [-0.1, -0.05) is 12.1 Å². The fourth-order valence-electron chi connectivity index (χ4n) is 1.79. The molecule has 0 aliphatic heterocycles. The van der Waals surface area contributed by atoms with Crippen molar-refractivity contribution in [1.82, 2.24) is 4.98 Å². The molecule has 0 aliphatic carbocycles. The lowest BCUT2D eigenvalue weighted by Crippen LogP contribution is -2.15. The van der Waals surface area contributed by atoms with Crippen molar-refractivity contribution in [2.45, 2.75) is 12.5 Å². The lowest BCUT2D eigenvalue weighted by molar-refractivity contribution is 0.410. The smallest absolute Gasteiger partial charge is 0.131 e. The number of nitrogens with two attached hydrogens (primary N) is 1. The molecule has 1 unspecified atom stereocenters. The SMILES string of the molecule is COc1ccc(C(N)Cc2ccccn2)c(F)c1. The van der Waals surface area contributed by atoms with Gasteiger partial charge >= 0.3 is 0 Å². The Hall–Kier alpha value is -1.94.